The van der Waals surface area contributed by atoms with Crippen LogP contribution < -0.4 is 10.1 Å². The van der Waals surface area contributed by atoms with Gasteiger partial charge in [-0.2, -0.15) is 0 Å². The van der Waals surface area contributed by atoms with Gasteiger partial charge in [0.1, 0.15) is 11.9 Å². The fourth-order valence-electron chi connectivity index (χ4n) is 2.74. The van der Waals surface area contributed by atoms with Gasteiger partial charge in [0.25, 0.3) is 0 Å². The Kier molecular flexibility index (Phi) is 3.34. The molecule has 5 heteroatoms. The van der Waals surface area contributed by atoms with Gasteiger partial charge < -0.3 is 15.0 Å². The molecule has 1 N–H and O–H groups in total. The van der Waals surface area contributed by atoms with E-state index in [0.717, 1.165) is 29.8 Å². The summed E-state index contributed by atoms with van der Waals surface area (Å²) in [5.41, 5.74) is 1.88. The molecule has 1 fully saturated rings. The first-order chi connectivity index (χ1) is 9.61. The van der Waals surface area contributed by atoms with Gasteiger partial charge in [-0.1, -0.05) is 0 Å². The number of fused-ring (bicyclic) bond motifs is 1. The summed E-state index contributed by atoms with van der Waals surface area (Å²) >= 11 is 0. The Bertz CT molecular complexity index is 556. The van der Waals surface area contributed by atoms with Crippen LogP contribution in [-0.4, -0.2) is 35.9 Å². The van der Waals surface area contributed by atoms with E-state index in [1.54, 1.807) is 4.90 Å². The summed E-state index contributed by atoms with van der Waals surface area (Å²) in [6, 6.07) is 5.67. The molecule has 0 aliphatic carbocycles. The molecule has 0 radical (unpaired) electrons. The first-order valence-electron chi connectivity index (χ1n) is 6.99. The highest BCUT2D eigenvalue weighted by Gasteiger charge is 2.23. The number of hydrogen-bond donors (Lipinski definition) is 1. The average molecular weight is 274 g/mol. The van der Waals surface area contributed by atoms with Gasteiger partial charge in [-0.15, -0.1) is 0 Å². The first-order valence-corrected chi connectivity index (χ1v) is 6.99. The summed E-state index contributed by atoms with van der Waals surface area (Å²) in [6.07, 6.45) is 2.46. The molecule has 1 aromatic carbocycles. The third-order valence-corrected chi connectivity index (χ3v) is 3.69. The van der Waals surface area contributed by atoms with Crippen LogP contribution >= 0.6 is 0 Å². The van der Waals surface area contributed by atoms with Crippen molar-refractivity contribution in [1.82, 2.24) is 4.90 Å². The van der Waals surface area contributed by atoms with Gasteiger partial charge in [0.05, 0.1) is 6.54 Å². The van der Waals surface area contributed by atoms with E-state index in [9.17, 15) is 9.59 Å². The second-order valence-corrected chi connectivity index (χ2v) is 5.42. The van der Waals surface area contributed by atoms with E-state index in [4.69, 9.17) is 4.74 Å². The zero-order valence-electron chi connectivity index (χ0n) is 11.5. The van der Waals surface area contributed by atoms with Gasteiger partial charge in [0.15, 0.2) is 0 Å². The zero-order valence-corrected chi connectivity index (χ0v) is 11.5. The standard InChI is InChI=1S/C15H18N2O3/c1-10-7-11-8-12(4-5-13(11)20-10)16-14(18)9-17-6-2-3-15(17)19/h4-5,8,10H,2-3,6-7,9H2,1H3,(H,16,18)/t10-/m0/s1. The minimum atomic E-state index is -0.146. The predicted molar refractivity (Wildman–Crippen MR) is 74.7 cm³/mol. The topological polar surface area (TPSA) is 58.6 Å². The first kappa shape index (κ1) is 13.0. The fourth-order valence-corrected chi connectivity index (χ4v) is 2.74. The lowest BCUT2D eigenvalue weighted by atomic mass is 10.1. The highest BCUT2D eigenvalue weighted by Crippen LogP contribution is 2.30. The third-order valence-electron chi connectivity index (χ3n) is 3.69. The fraction of sp³-hybridized carbons (Fsp3) is 0.467. The quantitative estimate of drug-likeness (QED) is 0.910. The molecule has 2 aliphatic rings. The molecular formula is C15H18N2O3. The van der Waals surface area contributed by atoms with Crippen LogP contribution in [0.1, 0.15) is 25.3 Å². The van der Waals surface area contributed by atoms with Gasteiger partial charge in [-0.25, -0.2) is 0 Å². The van der Waals surface area contributed by atoms with Crippen LogP contribution in [0.2, 0.25) is 0 Å². The molecule has 1 atom stereocenters. The SMILES string of the molecule is C[C@H]1Cc2cc(NC(=O)CN3CCCC3=O)ccc2O1. The highest BCUT2D eigenvalue weighted by atomic mass is 16.5. The maximum absolute atomic E-state index is 11.9. The van der Waals surface area contributed by atoms with Gasteiger partial charge in [-0.05, 0) is 37.1 Å². The lowest BCUT2D eigenvalue weighted by Gasteiger charge is -2.15. The van der Waals surface area contributed by atoms with Crippen molar-refractivity contribution in [3.8, 4) is 5.75 Å². The number of carbonyl (C=O) groups excluding carboxylic acids is 2. The Labute approximate surface area is 117 Å². The van der Waals surface area contributed by atoms with Crippen LogP contribution in [0.4, 0.5) is 5.69 Å². The molecule has 3 rings (SSSR count). The molecule has 20 heavy (non-hydrogen) atoms. The Balaban J connectivity index is 1.62. The van der Waals surface area contributed by atoms with Crippen LogP contribution in [0.15, 0.2) is 18.2 Å². The molecule has 0 spiro atoms. The number of nitrogens with one attached hydrogen (secondary N) is 1. The molecule has 2 aliphatic heterocycles. The number of hydrogen-bond acceptors (Lipinski definition) is 3. The second-order valence-electron chi connectivity index (χ2n) is 5.42. The normalized spacial score (nSPS) is 20.8. The molecule has 5 nitrogen and oxygen atoms in total. The van der Waals surface area contributed by atoms with Crippen molar-refractivity contribution in [3.05, 3.63) is 23.8 Å². The second kappa shape index (κ2) is 5.15. The molecule has 0 aromatic heterocycles. The predicted octanol–water partition coefficient (Wildman–Crippen LogP) is 1.57. The molecule has 106 valence electrons. The summed E-state index contributed by atoms with van der Waals surface area (Å²) in [5.74, 6) is 0.814. The van der Waals surface area contributed by atoms with Gasteiger partial charge >= 0.3 is 0 Å². The molecule has 1 aromatic rings. The van der Waals surface area contributed by atoms with Crippen molar-refractivity contribution in [2.24, 2.45) is 0 Å². The summed E-state index contributed by atoms with van der Waals surface area (Å²) < 4.78 is 5.62. The molecule has 2 heterocycles. The van der Waals surface area contributed by atoms with Gasteiger partial charge in [0.2, 0.25) is 11.8 Å². The van der Waals surface area contributed by atoms with Crippen molar-refractivity contribution in [3.63, 3.8) is 0 Å². The summed E-state index contributed by atoms with van der Waals surface area (Å²) in [6.45, 7) is 2.85. The summed E-state index contributed by atoms with van der Waals surface area (Å²) in [4.78, 5) is 25.0. The zero-order chi connectivity index (χ0) is 14.1. The largest absolute Gasteiger partial charge is 0.490 e. The monoisotopic (exact) mass is 274 g/mol. The van der Waals surface area contributed by atoms with Gasteiger partial charge in [-0.3, -0.25) is 9.59 Å². The van der Waals surface area contributed by atoms with E-state index < -0.39 is 0 Å². The van der Waals surface area contributed by atoms with E-state index in [0.29, 0.717) is 13.0 Å². The number of carbonyl (C=O) groups is 2. The minimum absolute atomic E-state index is 0.0660. The lowest BCUT2D eigenvalue weighted by Crippen LogP contribution is -2.33. The number of rotatable bonds is 3. The molecular weight excluding hydrogens is 256 g/mol. The maximum atomic E-state index is 11.9. The number of amides is 2. The average Bonchev–Trinajstić information content (AvgIpc) is 2.94. The van der Waals surface area contributed by atoms with Crippen molar-refractivity contribution in [2.75, 3.05) is 18.4 Å². The number of likely N-dealkylation sites (tertiary alicyclic amines) is 1. The summed E-state index contributed by atoms with van der Waals surface area (Å²) in [5, 5.41) is 2.85. The molecule has 1 saturated heterocycles. The van der Waals surface area contributed by atoms with Crippen LogP contribution in [0.25, 0.3) is 0 Å². The molecule has 0 bridgehead atoms. The minimum Gasteiger partial charge on any atom is -0.490 e. The Morgan fingerprint density at radius 3 is 3.10 bits per heavy atom. The smallest absolute Gasteiger partial charge is 0.243 e. The molecule has 0 saturated carbocycles. The van der Waals surface area contributed by atoms with E-state index >= 15 is 0 Å². The van der Waals surface area contributed by atoms with Crippen LogP contribution in [-0.2, 0) is 16.0 Å². The third kappa shape index (κ3) is 2.61. The summed E-state index contributed by atoms with van der Waals surface area (Å²) in [7, 11) is 0. The van der Waals surface area contributed by atoms with E-state index in [2.05, 4.69) is 5.32 Å². The van der Waals surface area contributed by atoms with E-state index in [1.165, 1.54) is 0 Å². The van der Waals surface area contributed by atoms with Crippen molar-refractivity contribution in [2.45, 2.75) is 32.3 Å². The number of nitrogens with zero attached hydrogens (tertiary/aromatic N) is 1. The van der Waals surface area contributed by atoms with Crippen LogP contribution in [0, 0.1) is 0 Å². The Hall–Kier alpha value is -2.04. The van der Waals surface area contributed by atoms with Crippen molar-refractivity contribution >= 4 is 17.5 Å². The number of ether oxygens (including phenoxy) is 1. The Morgan fingerprint density at radius 2 is 2.35 bits per heavy atom. The van der Waals surface area contributed by atoms with Crippen molar-refractivity contribution < 1.29 is 14.3 Å². The van der Waals surface area contributed by atoms with E-state index in [1.807, 2.05) is 25.1 Å². The van der Waals surface area contributed by atoms with Gasteiger partial charge in [0, 0.05) is 25.1 Å². The van der Waals surface area contributed by atoms with Crippen LogP contribution in [0.5, 0.6) is 5.75 Å². The number of benzene rings is 1. The maximum Gasteiger partial charge on any atom is 0.243 e. The Morgan fingerprint density at radius 1 is 1.50 bits per heavy atom. The van der Waals surface area contributed by atoms with Crippen molar-refractivity contribution in [1.29, 1.82) is 0 Å². The highest BCUT2D eigenvalue weighted by molar-refractivity contribution is 5.95. The lowest BCUT2D eigenvalue weighted by molar-refractivity contribution is -0.131. The molecule has 0 unspecified atom stereocenters. The van der Waals surface area contributed by atoms with Crippen LogP contribution in [0.3, 0.4) is 0 Å². The van der Waals surface area contributed by atoms with E-state index in [-0.39, 0.29) is 24.5 Å². The number of anilines is 1. The molecule has 2 amide bonds.